The second kappa shape index (κ2) is 9.17. The standard InChI is InChI=1S/C30H40N2/c1-19(2)24-13-14-29-30(17-24)32(21(5)6)26(18-31-29)15-22(7)25-12-11-23-9-8-10-27(20(3)4)28(23)16-25/h8-14,16-17,19-22,26,31H,15,18H2,1-7H3. The first-order valence-electron chi connectivity index (χ1n) is 12.4. The van der Waals surface area contributed by atoms with Crippen LogP contribution in [-0.4, -0.2) is 18.6 Å². The molecule has 0 radical (unpaired) electrons. The first kappa shape index (κ1) is 22.7. The Morgan fingerprint density at radius 2 is 1.59 bits per heavy atom. The lowest BCUT2D eigenvalue weighted by molar-refractivity contribution is 0.485. The summed E-state index contributed by atoms with van der Waals surface area (Å²) in [6.45, 7) is 17.2. The van der Waals surface area contributed by atoms with Gasteiger partial charge in [0.25, 0.3) is 0 Å². The highest BCUT2D eigenvalue weighted by Gasteiger charge is 2.30. The largest absolute Gasteiger partial charge is 0.381 e. The summed E-state index contributed by atoms with van der Waals surface area (Å²) in [4.78, 5) is 2.66. The topological polar surface area (TPSA) is 15.3 Å². The minimum atomic E-state index is 0.472. The Hall–Kier alpha value is -2.48. The lowest BCUT2D eigenvalue weighted by Crippen LogP contribution is -2.48. The summed E-state index contributed by atoms with van der Waals surface area (Å²) in [7, 11) is 0. The molecule has 1 aliphatic heterocycles. The number of anilines is 2. The van der Waals surface area contributed by atoms with E-state index < -0.39 is 0 Å². The zero-order valence-corrected chi connectivity index (χ0v) is 20.9. The van der Waals surface area contributed by atoms with Crippen LogP contribution >= 0.6 is 0 Å². The molecule has 0 fully saturated rings. The molecule has 1 aliphatic rings. The highest BCUT2D eigenvalue weighted by atomic mass is 15.2. The van der Waals surface area contributed by atoms with Crippen LogP contribution in [-0.2, 0) is 0 Å². The molecule has 0 spiro atoms. The molecule has 2 heteroatoms. The van der Waals surface area contributed by atoms with Crippen LogP contribution in [0.2, 0.25) is 0 Å². The molecule has 0 aromatic heterocycles. The second-order valence-corrected chi connectivity index (χ2v) is 10.6. The molecule has 0 aliphatic carbocycles. The first-order valence-corrected chi connectivity index (χ1v) is 12.4. The van der Waals surface area contributed by atoms with Gasteiger partial charge in [0, 0.05) is 18.6 Å². The highest BCUT2D eigenvalue weighted by Crippen LogP contribution is 2.38. The quantitative estimate of drug-likeness (QED) is 0.425. The fourth-order valence-electron chi connectivity index (χ4n) is 5.36. The van der Waals surface area contributed by atoms with Gasteiger partial charge in [-0.2, -0.15) is 0 Å². The van der Waals surface area contributed by atoms with Crippen LogP contribution in [0.4, 0.5) is 11.4 Å². The summed E-state index contributed by atoms with van der Waals surface area (Å²) in [5.41, 5.74) is 6.97. The van der Waals surface area contributed by atoms with Crippen molar-refractivity contribution >= 4 is 22.1 Å². The lowest BCUT2D eigenvalue weighted by Gasteiger charge is -2.43. The van der Waals surface area contributed by atoms with Crippen molar-refractivity contribution in [2.45, 2.75) is 84.7 Å². The molecule has 1 N–H and O–H groups in total. The van der Waals surface area contributed by atoms with E-state index in [1.165, 1.54) is 38.8 Å². The van der Waals surface area contributed by atoms with Crippen LogP contribution < -0.4 is 10.2 Å². The zero-order chi connectivity index (χ0) is 23.0. The molecular formula is C30H40N2. The van der Waals surface area contributed by atoms with E-state index in [0.29, 0.717) is 29.8 Å². The predicted molar refractivity (Wildman–Crippen MR) is 141 cm³/mol. The van der Waals surface area contributed by atoms with Gasteiger partial charge in [0.15, 0.2) is 0 Å². The van der Waals surface area contributed by atoms with E-state index >= 15 is 0 Å². The van der Waals surface area contributed by atoms with E-state index in [9.17, 15) is 0 Å². The minimum absolute atomic E-state index is 0.472. The minimum Gasteiger partial charge on any atom is -0.381 e. The molecule has 2 nitrogen and oxygen atoms in total. The molecule has 170 valence electrons. The Balaban J connectivity index is 1.63. The third-order valence-corrected chi connectivity index (χ3v) is 7.20. The van der Waals surface area contributed by atoms with Gasteiger partial charge in [-0.15, -0.1) is 0 Å². The first-order chi connectivity index (χ1) is 15.3. The Morgan fingerprint density at radius 1 is 0.844 bits per heavy atom. The van der Waals surface area contributed by atoms with E-state index in [-0.39, 0.29) is 0 Å². The normalized spacial score (nSPS) is 17.2. The van der Waals surface area contributed by atoms with E-state index in [1.54, 1.807) is 0 Å². The Labute approximate surface area is 195 Å². The van der Waals surface area contributed by atoms with Crippen molar-refractivity contribution in [3.8, 4) is 0 Å². The fraction of sp³-hybridized carbons (Fsp3) is 0.467. The summed E-state index contributed by atoms with van der Waals surface area (Å²) in [6, 6.07) is 21.8. The predicted octanol–water partition coefficient (Wildman–Crippen LogP) is 8.29. The monoisotopic (exact) mass is 428 g/mol. The number of hydrogen-bond acceptors (Lipinski definition) is 2. The smallest absolute Gasteiger partial charge is 0.0610 e. The third-order valence-electron chi connectivity index (χ3n) is 7.20. The number of nitrogens with one attached hydrogen (secondary N) is 1. The Kier molecular flexibility index (Phi) is 6.51. The molecular weight excluding hydrogens is 388 g/mol. The van der Waals surface area contributed by atoms with Crippen molar-refractivity contribution in [1.82, 2.24) is 0 Å². The molecule has 0 amide bonds. The van der Waals surface area contributed by atoms with Crippen molar-refractivity contribution in [2.75, 3.05) is 16.8 Å². The fourth-order valence-corrected chi connectivity index (χ4v) is 5.36. The Bertz CT molecular complexity index is 1080. The van der Waals surface area contributed by atoms with Gasteiger partial charge in [-0.25, -0.2) is 0 Å². The second-order valence-electron chi connectivity index (χ2n) is 10.6. The van der Waals surface area contributed by atoms with Gasteiger partial charge in [0.1, 0.15) is 0 Å². The Morgan fingerprint density at radius 3 is 2.28 bits per heavy atom. The number of fused-ring (bicyclic) bond motifs is 2. The molecule has 0 bridgehead atoms. The van der Waals surface area contributed by atoms with Crippen LogP contribution in [0, 0.1) is 0 Å². The number of hydrogen-bond donors (Lipinski definition) is 1. The van der Waals surface area contributed by atoms with E-state index in [1.807, 2.05) is 0 Å². The van der Waals surface area contributed by atoms with E-state index in [4.69, 9.17) is 0 Å². The van der Waals surface area contributed by atoms with E-state index in [2.05, 4.69) is 113 Å². The summed E-state index contributed by atoms with van der Waals surface area (Å²) in [5, 5.41) is 6.50. The van der Waals surface area contributed by atoms with Gasteiger partial charge in [0.05, 0.1) is 11.4 Å². The molecule has 32 heavy (non-hydrogen) atoms. The lowest BCUT2D eigenvalue weighted by atomic mass is 9.88. The van der Waals surface area contributed by atoms with Gasteiger partial charge < -0.3 is 10.2 Å². The molecule has 3 aromatic carbocycles. The van der Waals surface area contributed by atoms with Crippen molar-refractivity contribution < 1.29 is 0 Å². The van der Waals surface area contributed by atoms with Crippen LogP contribution in [0.5, 0.6) is 0 Å². The molecule has 0 saturated heterocycles. The van der Waals surface area contributed by atoms with Gasteiger partial charge in [-0.3, -0.25) is 0 Å². The number of benzene rings is 3. The number of rotatable bonds is 6. The van der Waals surface area contributed by atoms with Gasteiger partial charge in [-0.1, -0.05) is 77.1 Å². The van der Waals surface area contributed by atoms with Crippen LogP contribution in [0.25, 0.3) is 10.8 Å². The molecule has 0 saturated carbocycles. The van der Waals surface area contributed by atoms with Gasteiger partial charge in [-0.05, 0) is 77.6 Å². The molecule has 2 unspecified atom stereocenters. The van der Waals surface area contributed by atoms with Crippen LogP contribution in [0.15, 0.2) is 54.6 Å². The summed E-state index contributed by atoms with van der Waals surface area (Å²) >= 11 is 0. The average molecular weight is 429 g/mol. The maximum atomic E-state index is 3.73. The molecule has 1 heterocycles. The van der Waals surface area contributed by atoms with Gasteiger partial charge in [0.2, 0.25) is 0 Å². The highest BCUT2D eigenvalue weighted by molar-refractivity contribution is 5.87. The molecule has 3 aromatic rings. The molecule has 4 rings (SSSR count). The summed E-state index contributed by atoms with van der Waals surface area (Å²) < 4.78 is 0. The van der Waals surface area contributed by atoms with Crippen molar-refractivity contribution in [1.29, 1.82) is 0 Å². The maximum absolute atomic E-state index is 3.73. The summed E-state index contributed by atoms with van der Waals surface area (Å²) in [5.74, 6) is 1.58. The van der Waals surface area contributed by atoms with Crippen LogP contribution in [0.1, 0.15) is 89.3 Å². The van der Waals surface area contributed by atoms with Crippen molar-refractivity contribution in [2.24, 2.45) is 0 Å². The third kappa shape index (κ3) is 4.37. The summed E-state index contributed by atoms with van der Waals surface area (Å²) in [6.07, 6.45) is 1.14. The van der Waals surface area contributed by atoms with Crippen LogP contribution in [0.3, 0.4) is 0 Å². The average Bonchev–Trinajstić information content (AvgIpc) is 2.77. The SMILES string of the molecule is CC(C)c1ccc2c(c1)N(C(C)C)C(CC(C)c1ccc3cccc(C(C)C)c3c1)CN2. The maximum Gasteiger partial charge on any atom is 0.0610 e. The van der Waals surface area contributed by atoms with Crippen molar-refractivity contribution in [3.63, 3.8) is 0 Å². The molecule has 2 atom stereocenters. The zero-order valence-electron chi connectivity index (χ0n) is 20.9. The van der Waals surface area contributed by atoms with Crippen molar-refractivity contribution in [3.05, 3.63) is 71.3 Å². The van der Waals surface area contributed by atoms with E-state index in [0.717, 1.165) is 13.0 Å². The number of nitrogens with zero attached hydrogens (tertiary/aromatic N) is 1. The van der Waals surface area contributed by atoms with Gasteiger partial charge >= 0.3 is 0 Å².